The first-order valence-electron chi connectivity index (χ1n) is 6.23. The van der Waals surface area contributed by atoms with Crippen molar-refractivity contribution in [3.05, 3.63) is 48.0 Å². The predicted octanol–water partition coefficient (Wildman–Crippen LogP) is 1.96. The summed E-state index contributed by atoms with van der Waals surface area (Å²) in [5.41, 5.74) is 0.396. The molecule has 2 N–H and O–H groups in total. The molecule has 1 unspecified atom stereocenters. The van der Waals surface area contributed by atoms with Crippen LogP contribution in [0, 0.1) is 0 Å². The van der Waals surface area contributed by atoms with E-state index < -0.39 is 5.41 Å². The van der Waals surface area contributed by atoms with Crippen LogP contribution in [-0.2, 0) is 10.2 Å². The molecule has 5 heteroatoms. The number of H-pyrrole nitrogens is 1. The number of aromatic amines is 1. The Balaban J connectivity index is 2.11. The lowest BCUT2D eigenvalue weighted by Gasteiger charge is -2.25. The van der Waals surface area contributed by atoms with Gasteiger partial charge in [-0.05, 0) is 26.3 Å². The minimum absolute atomic E-state index is 0.0393. The molecule has 1 atom stereocenters. The van der Waals surface area contributed by atoms with Crippen LogP contribution in [0.4, 0.5) is 0 Å². The van der Waals surface area contributed by atoms with Gasteiger partial charge >= 0.3 is 0 Å². The second-order valence-electron chi connectivity index (χ2n) is 5.06. The molecule has 1 heterocycles. The number of nitrogens with zero attached hydrogens (tertiary/aromatic N) is 2. The molecule has 0 saturated carbocycles. The van der Waals surface area contributed by atoms with Crippen LogP contribution < -0.4 is 5.32 Å². The van der Waals surface area contributed by atoms with Crippen LogP contribution >= 0.6 is 0 Å². The van der Waals surface area contributed by atoms with Crippen molar-refractivity contribution in [1.29, 1.82) is 0 Å². The Kier molecular flexibility index (Phi) is 3.64. The van der Waals surface area contributed by atoms with E-state index >= 15 is 0 Å². The van der Waals surface area contributed by atoms with Crippen LogP contribution in [0.3, 0.4) is 0 Å². The van der Waals surface area contributed by atoms with Gasteiger partial charge in [-0.3, -0.25) is 9.89 Å². The van der Waals surface area contributed by atoms with Gasteiger partial charge in [0, 0.05) is 0 Å². The van der Waals surface area contributed by atoms with E-state index in [1.54, 1.807) is 0 Å². The van der Waals surface area contributed by atoms with Crippen molar-refractivity contribution in [2.45, 2.75) is 32.2 Å². The molecule has 0 aliphatic carbocycles. The van der Waals surface area contributed by atoms with Gasteiger partial charge in [-0.25, -0.2) is 4.98 Å². The van der Waals surface area contributed by atoms with Crippen molar-refractivity contribution >= 4 is 5.91 Å². The Morgan fingerprint density at radius 3 is 2.58 bits per heavy atom. The highest BCUT2D eigenvalue weighted by molar-refractivity contribution is 5.87. The van der Waals surface area contributed by atoms with Crippen molar-refractivity contribution in [2.24, 2.45) is 0 Å². The van der Waals surface area contributed by atoms with Crippen molar-refractivity contribution in [1.82, 2.24) is 20.5 Å². The molecule has 0 radical (unpaired) electrons. The molecule has 0 aliphatic rings. The largest absolute Gasteiger partial charge is 0.346 e. The van der Waals surface area contributed by atoms with E-state index in [2.05, 4.69) is 20.5 Å². The zero-order valence-electron chi connectivity index (χ0n) is 11.3. The first kappa shape index (κ1) is 13.3. The van der Waals surface area contributed by atoms with E-state index in [1.807, 2.05) is 51.1 Å². The van der Waals surface area contributed by atoms with E-state index in [0.29, 0.717) is 5.82 Å². The van der Waals surface area contributed by atoms with Crippen LogP contribution in [0.25, 0.3) is 0 Å². The number of carbonyl (C=O) groups excluding carboxylic acids is 1. The Morgan fingerprint density at radius 1 is 1.32 bits per heavy atom. The highest BCUT2D eigenvalue weighted by Crippen LogP contribution is 2.24. The van der Waals surface area contributed by atoms with Gasteiger partial charge in [0.25, 0.3) is 0 Å². The minimum Gasteiger partial charge on any atom is -0.346 e. The van der Waals surface area contributed by atoms with Gasteiger partial charge < -0.3 is 5.32 Å². The third kappa shape index (κ3) is 2.81. The summed E-state index contributed by atoms with van der Waals surface area (Å²) in [7, 11) is 0. The number of amides is 1. The lowest BCUT2D eigenvalue weighted by Crippen LogP contribution is -2.41. The van der Waals surface area contributed by atoms with Crippen LogP contribution in [0.15, 0.2) is 36.7 Å². The highest BCUT2D eigenvalue weighted by atomic mass is 16.2. The van der Waals surface area contributed by atoms with Crippen molar-refractivity contribution in [2.75, 3.05) is 0 Å². The van der Waals surface area contributed by atoms with E-state index in [4.69, 9.17) is 0 Å². The Bertz CT molecular complexity index is 534. The maximum Gasteiger partial charge on any atom is 0.230 e. The number of hydrogen-bond donors (Lipinski definition) is 2. The van der Waals surface area contributed by atoms with E-state index in [0.717, 1.165) is 5.56 Å². The number of rotatable bonds is 4. The molecule has 0 bridgehead atoms. The third-order valence-electron chi connectivity index (χ3n) is 3.25. The molecule has 1 aromatic carbocycles. The molecular weight excluding hydrogens is 240 g/mol. The molecule has 2 aromatic rings. The molecule has 0 saturated heterocycles. The average molecular weight is 258 g/mol. The number of hydrogen-bond acceptors (Lipinski definition) is 3. The van der Waals surface area contributed by atoms with Crippen LogP contribution in [-0.4, -0.2) is 21.1 Å². The van der Waals surface area contributed by atoms with Crippen LogP contribution in [0.2, 0.25) is 0 Å². The summed E-state index contributed by atoms with van der Waals surface area (Å²) in [6.07, 6.45) is 1.43. The lowest BCUT2D eigenvalue weighted by atomic mass is 9.83. The van der Waals surface area contributed by atoms with Crippen LogP contribution in [0.5, 0.6) is 0 Å². The predicted molar refractivity (Wildman–Crippen MR) is 72.4 cm³/mol. The summed E-state index contributed by atoms with van der Waals surface area (Å²) in [6, 6.07) is 9.53. The van der Waals surface area contributed by atoms with Gasteiger partial charge in [0.05, 0.1) is 11.5 Å². The Labute approximate surface area is 112 Å². The van der Waals surface area contributed by atoms with Gasteiger partial charge in [0.15, 0.2) is 0 Å². The monoisotopic (exact) mass is 258 g/mol. The fraction of sp³-hybridized carbons (Fsp3) is 0.357. The smallest absolute Gasteiger partial charge is 0.230 e. The van der Waals surface area contributed by atoms with E-state index in [1.165, 1.54) is 6.33 Å². The first-order chi connectivity index (χ1) is 9.01. The third-order valence-corrected chi connectivity index (χ3v) is 3.25. The van der Waals surface area contributed by atoms with Crippen molar-refractivity contribution in [3.8, 4) is 0 Å². The van der Waals surface area contributed by atoms with Gasteiger partial charge in [0.1, 0.15) is 12.2 Å². The van der Waals surface area contributed by atoms with E-state index in [-0.39, 0.29) is 11.9 Å². The minimum atomic E-state index is -0.588. The number of nitrogens with one attached hydrogen (secondary N) is 2. The molecular formula is C14H18N4O. The normalized spacial score (nSPS) is 13.0. The van der Waals surface area contributed by atoms with E-state index in [9.17, 15) is 4.79 Å². The van der Waals surface area contributed by atoms with Crippen molar-refractivity contribution < 1.29 is 4.79 Å². The van der Waals surface area contributed by atoms with Crippen molar-refractivity contribution in [3.63, 3.8) is 0 Å². The summed E-state index contributed by atoms with van der Waals surface area (Å²) in [6.45, 7) is 5.69. The second-order valence-corrected chi connectivity index (χ2v) is 5.06. The quantitative estimate of drug-likeness (QED) is 0.880. The van der Waals surface area contributed by atoms with Gasteiger partial charge in [-0.1, -0.05) is 30.3 Å². The standard InChI is InChI=1S/C14H18N4O/c1-10(12-15-9-16-18-12)17-13(19)14(2,3)11-7-5-4-6-8-11/h4-10H,1-3H3,(H,17,19)(H,15,16,18). The zero-order chi connectivity index (χ0) is 13.9. The first-order valence-corrected chi connectivity index (χ1v) is 6.23. The molecule has 1 aromatic heterocycles. The fourth-order valence-corrected chi connectivity index (χ4v) is 1.85. The maximum atomic E-state index is 12.4. The summed E-state index contributed by atoms with van der Waals surface area (Å²) in [5.74, 6) is 0.611. The molecule has 5 nitrogen and oxygen atoms in total. The molecule has 100 valence electrons. The maximum absolute atomic E-state index is 12.4. The molecule has 0 aliphatic heterocycles. The number of benzene rings is 1. The molecule has 0 fully saturated rings. The fourth-order valence-electron chi connectivity index (χ4n) is 1.85. The molecule has 19 heavy (non-hydrogen) atoms. The zero-order valence-corrected chi connectivity index (χ0v) is 11.3. The summed E-state index contributed by atoms with van der Waals surface area (Å²) in [4.78, 5) is 16.4. The number of carbonyl (C=O) groups is 1. The SMILES string of the molecule is CC(NC(=O)C(C)(C)c1ccccc1)c1ncn[nH]1. The summed E-state index contributed by atoms with van der Waals surface area (Å²) < 4.78 is 0. The lowest BCUT2D eigenvalue weighted by molar-refractivity contribution is -0.126. The van der Waals surface area contributed by atoms with Gasteiger partial charge in [-0.15, -0.1) is 0 Å². The molecule has 1 amide bonds. The van der Waals surface area contributed by atoms with Crippen LogP contribution in [0.1, 0.15) is 38.2 Å². The van der Waals surface area contributed by atoms with Gasteiger partial charge in [0.2, 0.25) is 5.91 Å². The Hall–Kier alpha value is -2.17. The average Bonchev–Trinajstić information content (AvgIpc) is 2.93. The molecule has 0 spiro atoms. The topological polar surface area (TPSA) is 70.7 Å². The number of aromatic nitrogens is 3. The van der Waals surface area contributed by atoms with Gasteiger partial charge in [-0.2, -0.15) is 5.10 Å². The summed E-state index contributed by atoms with van der Waals surface area (Å²) >= 11 is 0. The second kappa shape index (κ2) is 5.22. The Morgan fingerprint density at radius 2 is 2.00 bits per heavy atom. The summed E-state index contributed by atoms with van der Waals surface area (Å²) in [5, 5.41) is 9.49. The molecule has 2 rings (SSSR count). The highest BCUT2D eigenvalue weighted by Gasteiger charge is 2.30.